The van der Waals surface area contributed by atoms with Crippen LogP contribution in [-0.4, -0.2) is 41.3 Å². The molecule has 1 aliphatic rings. The number of ether oxygens (including phenoxy) is 1. The maximum Gasteiger partial charge on any atom is 0.410 e. The van der Waals surface area contributed by atoms with E-state index in [-0.39, 0.29) is 31.0 Å². The molecule has 2 rings (SSSR count). The standard InChI is InChI=1S/C18H24N4O3.ClH/c1-14(19-20-16(23)13-21-8-6-5-7-9-21)10-15-11-22(12-15)17(24)25-18(2,3)4;/h5-10H,11-13H2,1-4H3;1H/b19-14+;. The number of halogens is 1. The summed E-state index contributed by atoms with van der Waals surface area (Å²) in [6, 6.07) is 5.61. The third kappa shape index (κ3) is 7.23. The van der Waals surface area contributed by atoms with E-state index in [1.54, 1.807) is 16.4 Å². The Morgan fingerprint density at radius 3 is 2.46 bits per heavy atom. The first-order chi connectivity index (χ1) is 11.7. The van der Waals surface area contributed by atoms with Crippen LogP contribution in [0.4, 0.5) is 4.79 Å². The second-order valence-electron chi connectivity index (χ2n) is 6.97. The van der Waals surface area contributed by atoms with Gasteiger partial charge in [0.25, 0.3) is 0 Å². The monoisotopic (exact) mass is 380 g/mol. The van der Waals surface area contributed by atoms with Gasteiger partial charge in [-0.25, -0.2) is 10.2 Å². The van der Waals surface area contributed by atoms with Crippen LogP contribution in [0.15, 0.2) is 47.3 Å². The van der Waals surface area contributed by atoms with E-state index in [4.69, 9.17) is 4.74 Å². The van der Waals surface area contributed by atoms with Gasteiger partial charge in [0.2, 0.25) is 6.54 Å². The molecule has 0 aliphatic carbocycles. The molecule has 2 heterocycles. The number of hydrogen-bond donors (Lipinski definition) is 1. The number of hydrazone groups is 1. The number of carbonyl (C=O) groups is 2. The van der Waals surface area contributed by atoms with Gasteiger partial charge in [-0.05, 0) is 39.3 Å². The van der Waals surface area contributed by atoms with Gasteiger partial charge in [-0.2, -0.15) is 9.67 Å². The van der Waals surface area contributed by atoms with Gasteiger partial charge < -0.3 is 22.0 Å². The van der Waals surface area contributed by atoms with Crippen molar-refractivity contribution in [1.82, 2.24) is 10.3 Å². The first kappa shape index (κ1) is 21.6. The first-order valence-electron chi connectivity index (χ1n) is 8.17. The van der Waals surface area contributed by atoms with Crippen molar-refractivity contribution in [3.05, 3.63) is 42.2 Å². The smallest absolute Gasteiger partial charge is 0.410 e. The largest absolute Gasteiger partial charge is 1.00 e. The summed E-state index contributed by atoms with van der Waals surface area (Å²) >= 11 is 0. The van der Waals surface area contributed by atoms with Crippen molar-refractivity contribution in [3.8, 4) is 0 Å². The lowest BCUT2D eigenvalue weighted by Gasteiger charge is -2.35. The van der Waals surface area contributed by atoms with Gasteiger partial charge >= 0.3 is 12.0 Å². The van der Waals surface area contributed by atoms with E-state index in [9.17, 15) is 9.59 Å². The molecule has 8 heteroatoms. The van der Waals surface area contributed by atoms with Crippen LogP contribution in [0.25, 0.3) is 0 Å². The van der Waals surface area contributed by atoms with Gasteiger partial charge in [0.05, 0.1) is 5.71 Å². The molecule has 1 fully saturated rings. The molecule has 7 nitrogen and oxygen atoms in total. The summed E-state index contributed by atoms with van der Waals surface area (Å²) in [5.41, 5.74) is 3.79. The van der Waals surface area contributed by atoms with Crippen LogP contribution in [0.2, 0.25) is 0 Å². The SMILES string of the molecule is C/C(C=C1CN(C(=O)OC(C)(C)C)C1)=N\NC(=O)C[n+]1ccccc1.[Cl-]. The molecule has 0 aromatic carbocycles. The third-order valence-corrected chi connectivity index (χ3v) is 3.31. The van der Waals surface area contributed by atoms with E-state index in [2.05, 4.69) is 10.5 Å². The van der Waals surface area contributed by atoms with Crippen molar-refractivity contribution in [2.24, 2.45) is 5.10 Å². The molecule has 0 radical (unpaired) electrons. The Morgan fingerprint density at radius 1 is 1.27 bits per heavy atom. The fraction of sp³-hybridized carbons (Fsp3) is 0.444. The molecule has 0 spiro atoms. The molecule has 0 unspecified atom stereocenters. The van der Waals surface area contributed by atoms with E-state index in [1.807, 2.05) is 57.4 Å². The molecular formula is C18H25ClN4O3. The van der Waals surface area contributed by atoms with E-state index in [0.717, 1.165) is 5.57 Å². The highest BCUT2D eigenvalue weighted by molar-refractivity contribution is 5.94. The summed E-state index contributed by atoms with van der Waals surface area (Å²) in [7, 11) is 0. The Morgan fingerprint density at radius 2 is 1.88 bits per heavy atom. The summed E-state index contributed by atoms with van der Waals surface area (Å²) < 4.78 is 7.07. The van der Waals surface area contributed by atoms with E-state index >= 15 is 0 Å². The molecule has 26 heavy (non-hydrogen) atoms. The maximum atomic E-state index is 11.8. The summed E-state index contributed by atoms with van der Waals surface area (Å²) in [5, 5.41) is 4.06. The number of likely N-dealkylation sites (tertiary alicyclic amines) is 1. The number of carbonyl (C=O) groups excluding carboxylic acids is 2. The van der Waals surface area contributed by atoms with Crippen molar-refractivity contribution in [2.45, 2.75) is 39.8 Å². The Bertz CT molecular complexity index is 688. The predicted molar refractivity (Wildman–Crippen MR) is 93.8 cm³/mol. The third-order valence-electron chi connectivity index (χ3n) is 3.31. The molecule has 1 saturated heterocycles. The highest BCUT2D eigenvalue weighted by Crippen LogP contribution is 2.18. The predicted octanol–water partition coefficient (Wildman–Crippen LogP) is -1.35. The number of rotatable bonds is 4. The average molecular weight is 381 g/mol. The number of pyridine rings is 1. The summed E-state index contributed by atoms with van der Waals surface area (Å²) in [6.07, 6.45) is 5.19. The molecule has 1 aromatic rings. The number of nitrogens with zero attached hydrogens (tertiary/aromatic N) is 3. The number of aromatic nitrogens is 1. The van der Waals surface area contributed by atoms with Crippen molar-refractivity contribution in [3.63, 3.8) is 0 Å². The van der Waals surface area contributed by atoms with Crippen LogP contribution in [0.3, 0.4) is 0 Å². The lowest BCUT2D eigenvalue weighted by Crippen LogP contribution is -3.00. The zero-order valence-corrected chi connectivity index (χ0v) is 16.3. The minimum absolute atomic E-state index is 0. The Balaban J connectivity index is 0.00000338. The molecule has 2 amide bonds. The highest BCUT2D eigenvalue weighted by Gasteiger charge is 2.29. The lowest BCUT2D eigenvalue weighted by molar-refractivity contribution is -0.684. The molecule has 1 aliphatic heterocycles. The Hall–Kier alpha value is -2.41. The second-order valence-corrected chi connectivity index (χ2v) is 6.97. The average Bonchev–Trinajstić information content (AvgIpc) is 2.47. The zero-order chi connectivity index (χ0) is 18.4. The van der Waals surface area contributed by atoms with Crippen molar-refractivity contribution >= 4 is 17.7 Å². The van der Waals surface area contributed by atoms with Gasteiger partial charge in [-0.3, -0.25) is 4.79 Å². The Labute approximate surface area is 160 Å². The lowest BCUT2D eigenvalue weighted by atomic mass is 10.1. The minimum atomic E-state index is -0.491. The fourth-order valence-electron chi connectivity index (χ4n) is 2.21. The van der Waals surface area contributed by atoms with Gasteiger partial charge in [-0.15, -0.1) is 0 Å². The second kappa shape index (κ2) is 9.33. The fourth-order valence-corrected chi connectivity index (χ4v) is 2.21. The molecule has 142 valence electrons. The number of allylic oxidation sites excluding steroid dienone is 1. The highest BCUT2D eigenvalue weighted by atomic mass is 35.5. The topological polar surface area (TPSA) is 74.9 Å². The minimum Gasteiger partial charge on any atom is -1.00 e. The van der Waals surface area contributed by atoms with Crippen LogP contribution in [0.5, 0.6) is 0 Å². The molecule has 0 bridgehead atoms. The quantitative estimate of drug-likeness (QED) is 0.398. The molecule has 1 N–H and O–H groups in total. The van der Waals surface area contributed by atoms with Crippen LogP contribution in [0.1, 0.15) is 27.7 Å². The maximum absolute atomic E-state index is 11.8. The number of nitrogens with one attached hydrogen (secondary N) is 1. The van der Waals surface area contributed by atoms with Crippen LogP contribution < -0.4 is 22.4 Å². The summed E-state index contributed by atoms with van der Waals surface area (Å²) in [5.74, 6) is -0.196. The molecule has 0 atom stereocenters. The van der Waals surface area contributed by atoms with Gasteiger partial charge in [-0.1, -0.05) is 6.07 Å². The normalized spacial score (nSPS) is 14.1. The van der Waals surface area contributed by atoms with Crippen molar-refractivity contribution in [2.75, 3.05) is 13.1 Å². The summed E-state index contributed by atoms with van der Waals surface area (Å²) in [4.78, 5) is 25.3. The molecule has 1 aromatic heterocycles. The van der Waals surface area contributed by atoms with E-state index in [1.165, 1.54) is 0 Å². The van der Waals surface area contributed by atoms with Crippen LogP contribution in [0, 0.1) is 0 Å². The number of hydrogen-bond acceptors (Lipinski definition) is 4. The van der Waals surface area contributed by atoms with E-state index in [0.29, 0.717) is 18.8 Å². The Kier molecular flexibility index (Phi) is 7.76. The van der Waals surface area contributed by atoms with Gasteiger partial charge in [0, 0.05) is 25.2 Å². The first-order valence-corrected chi connectivity index (χ1v) is 8.17. The zero-order valence-electron chi connectivity index (χ0n) is 15.5. The van der Waals surface area contributed by atoms with Gasteiger partial charge in [0.15, 0.2) is 12.4 Å². The van der Waals surface area contributed by atoms with E-state index < -0.39 is 5.60 Å². The molecule has 0 saturated carbocycles. The van der Waals surface area contributed by atoms with Crippen molar-refractivity contribution in [1.29, 1.82) is 0 Å². The number of amides is 2. The van der Waals surface area contributed by atoms with Gasteiger partial charge in [0.1, 0.15) is 5.60 Å². The van der Waals surface area contributed by atoms with Crippen LogP contribution in [-0.2, 0) is 16.1 Å². The molecular weight excluding hydrogens is 356 g/mol. The van der Waals surface area contributed by atoms with Crippen molar-refractivity contribution < 1.29 is 31.3 Å². The summed E-state index contributed by atoms with van der Waals surface area (Å²) in [6.45, 7) is 8.59. The van der Waals surface area contributed by atoms with Crippen LogP contribution >= 0.6 is 0 Å².